The molecule has 3 nitrogen and oxygen atoms in total. The van der Waals surface area contributed by atoms with E-state index in [9.17, 15) is 4.79 Å². The fourth-order valence-corrected chi connectivity index (χ4v) is 1.25. The predicted octanol–water partition coefficient (Wildman–Crippen LogP) is 3.61. The van der Waals surface area contributed by atoms with Gasteiger partial charge in [-0.25, -0.2) is 4.79 Å². The Kier molecular flexibility index (Phi) is 3.97. The summed E-state index contributed by atoms with van der Waals surface area (Å²) in [6.07, 6.45) is -0.633. The van der Waals surface area contributed by atoms with Crippen LogP contribution in [0, 0.1) is 6.92 Å². The van der Waals surface area contributed by atoms with Gasteiger partial charge in [-0.05, 0) is 38.5 Å². The third-order valence-electron chi connectivity index (χ3n) is 1.70. The van der Waals surface area contributed by atoms with Gasteiger partial charge in [0.2, 0.25) is 0 Å². The Morgan fingerprint density at radius 1 is 1.47 bits per heavy atom. The molecule has 1 aromatic carbocycles. The molecular weight excluding hydrogens is 214 g/mol. The minimum Gasteiger partial charge on any atom is -0.447 e. The van der Waals surface area contributed by atoms with E-state index in [1.54, 1.807) is 26.0 Å². The van der Waals surface area contributed by atoms with Gasteiger partial charge in [0, 0.05) is 0 Å². The van der Waals surface area contributed by atoms with Gasteiger partial charge in [-0.15, -0.1) is 0 Å². The fourth-order valence-electron chi connectivity index (χ4n) is 1.09. The van der Waals surface area contributed by atoms with Crippen LogP contribution in [-0.2, 0) is 4.74 Å². The van der Waals surface area contributed by atoms with Crippen molar-refractivity contribution in [1.82, 2.24) is 0 Å². The summed E-state index contributed by atoms with van der Waals surface area (Å²) in [5, 5.41) is 3.09. The SMILES string of the molecule is Cc1ccc(Cl)c(NC(=O)OC(C)C)c1. The van der Waals surface area contributed by atoms with Crippen LogP contribution in [0.4, 0.5) is 10.5 Å². The highest BCUT2D eigenvalue weighted by Gasteiger charge is 2.08. The highest BCUT2D eigenvalue weighted by molar-refractivity contribution is 6.33. The first-order chi connectivity index (χ1) is 6.99. The van der Waals surface area contributed by atoms with Crippen molar-refractivity contribution >= 4 is 23.4 Å². The number of carbonyl (C=O) groups excluding carboxylic acids is 1. The molecule has 0 radical (unpaired) electrons. The van der Waals surface area contributed by atoms with Crippen LogP contribution in [-0.4, -0.2) is 12.2 Å². The van der Waals surface area contributed by atoms with E-state index in [2.05, 4.69) is 5.32 Å². The maximum absolute atomic E-state index is 11.3. The monoisotopic (exact) mass is 227 g/mol. The van der Waals surface area contributed by atoms with Crippen LogP contribution in [0.25, 0.3) is 0 Å². The normalized spacial score (nSPS) is 10.2. The van der Waals surface area contributed by atoms with Gasteiger partial charge in [0.15, 0.2) is 0 Å². The molecule has 1 amide bonds. The zero-order valence-corrected chi connectivity index (χ0v) is 9.76. The van der Waals surface area contributed by atoms with Crippen LogP contribution in [0.2, 0.25) is 5.02 Å². The summed E-state index contributed by atoms with van der Waals surface area (Å²) in [6.45, 7) is 5.50. The van der Waals surface area contributed by atoms with E-state index < -0.39 is 6.09 Å². The van der Waals surface area contributed by atoms with Crippen molar-refractivity contribution in [3.05, 3.63) is 28.8 Å². The van der Waals surface area contributed by atoms with Gasteiger partial charge in [-0.3, -0.25) is 5.32 Å². The number of ether oxygens (including phenoxy) is 1. The number of anilines is 1. The second-order valence-corrected chi connectivity index (χ2v) is 3.97. The molecule has 15 heavy (non-hydrogen) atoms. The molecule has 0 saturated heterocycles. The van der Waals surface area contributed by atoms with Gasteiger partial charge < -0.3 is 4.74 Å². The topological polar surface area (TPSA) is 38.3 Å². The number of hydrogen-bond donors (Lipinski definition) is 1. The van der Waals surface area contributed by atoms with E-state index in [-0.39, 0.29) is 6.10 Å². The Morgan fingerprint density at radius 3 is 2.73 bits per heavy atom. The zero-order chi connectivity index (χ0) is 11.4. The molecule has 1 rings (SSSR count). The van der Waals surface area contributed by atoms with E-state index in [0.29, 0.717) is 10.7 Å². The molecule has 0 aliphatic carbocycles. The minimum absolute atomic E-state index is 0.145. The van der Waals surface area contributed by atoms with E-state index in [4.69, 9.17) is 16.3 Å². The first-order valence-corrected chi connectivity index (χ1v) is 5.10. The Hall–Kier alpha value is -1.22. The van der Waals surface area contributed by atoms with Crippen molar-refractivity contribution in [2.75, 3.05) is 5.32 Å². The fraction of sp³-hybridized carbons (Fsp3) is 0.364. The number of aryl methyl sites for hydroxylation is 1. The van der Waals surface area contributed by atoms with Gasteiger partial charge in [-0.2, -0.15) is 0 Å². The predicted molar refractivity (Wildman–Crippen MR) is 61.4 cm³/mol. The summed E-state index contributed by atoms with van der Waals surface area (Å²) in [6, 6.07) is 5.41. The lowest BCUT2D eigenvalue weighted by atomic mass is 10.2. The van der Waals surface area contributed by atoms with Crippen molar-refractivity contribution in [1.29, 1.82) is 0 Å². The third-order valence-corrected chi connectivity index (χ3v) is 2.03. The number of halogens is 1. The largest absolute Gasteiger partial charge is 0.447 e. The van der Waals surface area contributed by atoms with Crippen LogP contribution >= 0.6 is 11.6 Å². The van der Waals surface area contributed by atoms with Crippen LogP contribution in [0.1, 0.15) is 19.4 Å². The summed E-state index contributed by atoms with van der Waals surface area (Å²) < 4.78 is 4.94. The maximum Gasteiger partial charge on any atom is 0.411 e. The van der Waals surface area contributed by atoms with E-state index >= 15 is 0 Å². The Labute approximate surface area is 94.4 Å². The summed E-state index contributed by atoms with van der Waals surface area (Å²) in [4.78, 5) is 11.3. The molecule has 0 aliphatic heterocycles. The average molecular weight is 228 g/mol. The van der Waals surface area contributed by atoms with Crippen molar-refractivity contribution in [2.45, 2.75) is 26.9 Å². The summed E-state index contributed by atoms with van der Waals surface area (Å²) >= 11 is 5.91. The summed E-state index contributed by atoms with van der Waals surface area (Å²) in [7, 11) is 0. The molecule has 0 atom stereocenters. The quantitative estimate of drug-likeness (QED) is 0.838. The average Bonchev–Trinajstić information content (AvgIpc) is 2.10. The molecule has 0 fully saturated rings. The van der Waals surface area contributed by atoms with Crippen molar-refractivity contribution in [2.24, 2.45) is 0 Å². The van der Waals surface area contributed by atoms with Crippen LogP contribution in [0.5, 0.6) is 0 Å². The lowest BCUT2D eigenvalue weighted by Crippen LogP contribution is -2.18. The molecule has 4 heteroatoms. The lowest BCUT2D eigenvalue weighted by molar-refractivity contribution is 0.130. The molecule has 0 heterocycles. The number of rotatable bonds is 2. The second-order valence-electron chi connectivity index (χ2n) is 3.56. The Balaban J connectivity index is 2.71. The zero-order valence-electron chi connectivity index (χ0n) is 9.00. The summed E-state index contributed by atoms with van der Waals surface area (Å²) in [5.41, 5.74) is 1.60. The first-order valence-electron chi connectivity index (χ1n) is 4.73. The molecule has 0 bridgehead atoms. The first kappa shape index (κ1) is 11.9. The van der Waals surface area contributed by atoms with E-state index in [1.165, 1.54) is 0 Å². The second kappa shape index (κ2) is 5.03. The highest BCUT2D eigenvalue weighted by Crippen LogP contribution is 2.22. The van der Waals surface area contributed by atoms with Gasteiger partial charge >= 0.3 is 6.09 Å². The van der Waals surface area contributed by atoms with Crippen molar-refractivity contribution in [3.63, 3.8) is 0 Å². The molecule has 1 aromatic rings. The lowest BCUT2D eigenvalue weighted by Gasteiger charge is -2.10. The van der Waals surface area contributed by atoms with Gasteiger partial charge in [0.05, 0.1) is 16.8 Å². The molecule has 0 spiro atoms. The van der Waals surface area contributed by atoms with Crippen LogP contribution in [0.3, 0.4) is 0 Å². The van der Waals surface area contributed by atoms with Gasteiger partial charge in [0.1, 0.15) is 0 Å². The third kappa shape index (κ3) is 3.80. The number of amides is 1. The molecule has 0 aromatic heterocycles. The van der Waals surface area contributed by atoms with Crippen LogP contribution in [0.15, 0.2) is 18.2 Å². The van der Waals surface area contributed by atoms with Crippen molar-refractivity contribution in [3.8, 4) is 0 Å². The standard InChI is InChI=1S/C11H14ClNO2/c1-7(2)15-11(14)13-10-6-8(3)4-5-9(10)12/h4-7H,1-3H3,(H,13,14). The Bertz CT molecular complexity index is 364. The number of carbonyl (C=O) groups is 1. The molecule has 1 N–H and O–H groups in total. The molecule has 0 unspecified atom stereocenters. The molecule has 0 aliphatic rings. The maximum atomic E-state index is 11.3. The molecule has 82 valence electrons. The van der Waals surface area contributed by atoms with Crippen molar-refractivity contribution < 1.29 is 9.53 Å². The number of nitrogens with one attached hydrogen (secondary N) is 1. The highest BCUT2D eigenvalue weighted by atomic mass is 35.5. The van der Waals surface area contributed by atoms with Gasteiger partial charge in [0.25, 0.3) is 0 Å². The number of benzene rings is 1. The van der Waals surface area contributed by atoms with Gasteiger partial charge in [-0.1, -0.05) is 17.7 Å². The van der Waals surface area contributed by atoms with Crippen LogP contribution < -0.4 is 5.32 Å². The summed E-state index contributed by atoms with van der Waals surface area (Å²) in [5.74, 6) is 0. The van der Waals surface area contributed by atoms with E-state index in [1.807, 2.05) is 13.0 Å². The van der Waals surface area contributed by atoms with E-state index in [0.717, 1.165) is 5.56 Å². The molecular formula is C11H14ClNO2. The Morgan fingerprint density at radius 2 is 2.13 bits per heavy atom. The smallest absolute Gasteiger partial charge is 0.411 e. The number of hydrogen-bond acceptors (Lipinski definition) is 2. The minimum atomic E-state index is -0.488. The molecule has 0 saturated carbocycles.